The van der Waals surface area contributed by atoms with Gasteiger partial charge in [-0.25, -0.2) is 10.1 Å². The van der Waals surface area contributed by atoms with Crippen molar-refractivity contribution < 1.29 is 4.79 Å². The van der Waals surface area contributed by atoms with Crippen LogP contribution >= 0.6 is 0 Å². The van der Waals surface area contributed by atoms with Crippen LogP contribution < -0.4 is 11.0 Å². The molecule has 2 aromatic carbocycles. The van der Waals surface area contributed by atoms with E-state index < -0.39 is 0 Å². The van der Waals surface area contributed by atoms with Gasteiger partial charge in [-0.05, 0) is 56.2 Å². The summed E-state index contributed by atoms with van der Waals surface area (Å²) in [5.41, 5.74) is 6.82. The van der Waals surface area contributed by atoms with Crippen LogP contribution in [-0.4, -0.2) is 21.9 Å². The van der Waals surface area contributed by atoms with Crippen molar-refractivity contribution in [3.8, 4) is 5.69 Å². The number of hydrogen-bond donors (Lipinski definition) is 2. The highest BCUT2D eigenvalue weighted by Crippen LogP contribution is 2.12. The first-order chi connectivity index (χ1) is 12.5. The van der Waals surface area contributed by atoms with Gasteiger partial charge >= 0.3 is 0 Å². The Bertz CT molecular complexity index is 1030. The second-order valence-corrected chi connectivity index (χ2v) is 6.12. The van der Waals surface area contributed by atoms with E-state index in [-0.39, 0.29) is 11.5 Å². The average molecular weight is 348 g/mol. The second kappa shape index (κ2) is 7.23. The molecule has 1 amide bonds. The van der Waals surface area contributed by atoms with E-state index in [9.17, 15) is 9.59 Å². The molecular weight excluding hydrogens is 328 g/mol. The van der Waals surface area contributed by atoms with Crippen molar-refractivity contribution in [3.05, 3.63) is 86.8 Å². The quantitative estimate of drug-likeness (QED) is 0.562. The van der Waals surface area contributed by atoms with Gasteiger partial charge in [-0.2, -0.15) is 5.10 Å². The molecule has 0 unspecified atom stereocenters. The van der Waals surface area contributed by atoms with Crippen LogP contribution in [0.1, 0.15) is 32.7 Å². The molecule has 0 saturated heterocycles. The Balaban J connectivity index is 1.83. The van der Waals surface area contributed by atoms with Crippen LogP contribution in [0.15, 0.2) is 58.4 Å². The van der Waals surface area contributed by atoms with Gasteiger partial charge in [0.15, 0.2) is 0 Å². The molecule has 3 aromatic rings. The Morgan fingerprint density at radius 2 is 1.81 bits per heavy atom. The molecular formula is C20H20N4O2. The molecule has 6 heteroatoms. The normalized spacial score (nSPS) is 11.0. The number of nitrogens with one attached hydrogen (secondary N) is 2. The van der Waals surface area contributed by atoms with Gasteiger partial charge in [-0.15, -0.1) is 0 Å². The van der Waals surface area contributed by atoms with Gasteiger partial charge in [0.05, 0.1) is 17.5 Å². The number of hydrazone groups is 1. The molecule has 132 valence electrons. The van der Waals surface area contributed by atoms with E-state index in [1.165, 1.54) is 10.9 Å². The molecule has 0 spiro atoms. The Morgan fingerprint density at radius 3 is 2.50 bits per heavy atom. The number of H-pyrrole nitrogens is 1. The third kappa shape index (κ3) is 3.49. The summed E-state index contributed by atoms with van der Waals surface area (Å²) in [4.78, 5) is 24.6. The first-order valence-corrected chi connectivity index (χ1v) is 8.25. The van der Waals surface area contributed by atoms with Gasteiger partial charge < -0.3 is 0 Å². The fourth-order valence-electron chi connectivity index (χ4n) is 2.57. The number of carbonyl (C=O) groups is 1. The minimum Gasteiger partial charge on any atom is -0.295 e. The number of nitrogens with zero attached hydrogens (tertiary/aromatic N) is 2. The summed E-state index contributed by atoms with van der Waals surface area (Å²) in [5, 5.41) is 6.97. The van der Waals surface area contributed by atoms with E-state index in [4.69, 9.17) is 0 Å². The number of carbonyl (C=O) groups excluding carboxylic acids is 1. The van der Waals surface area contributed by atoms with Crippen molar-refractivity contribution in [1.82, 2.24) is 15.2 Å². The molecule has 1 heterocycles. The molecule has 0 fully saturated rings. The highest BCUT2D eigenvalue weighted by molar-refractivity contribution is 5.94. The van der Waals surface area contributed by atoms with Crippen molar-refractivity contribution in [3.63, 3.8) is 0 Å². The highest BCUT2D eigenvalue weighted by Gasteiger charge is 2.11. The number of amides is 1. The number of aryl methyl sites for hydroxylation is 3. The molecule has 3 rings (SSSR count). The maximum Gasteiger partial charge on any atom is 0.280 e. The largest absolute Gasteiger partial charge is 0.295 e. The predicted octanol–water partition coefficient (Wildman–Crippen LogP) is 2.85. The summed E-state index contributed by atoms with van der Waals surface area (Å²) in [6.07, 6.45) is 1.37. The van der Waals surface area contributed by atoms with Crippen molar-refractivity contribution in [2.75, 3.05) is 0 Å². The number of benzene rings is 2. The standard InChI is InChI=1S/C20H20N4O2/c1-13-9-10-17(11-14(13)2)24-20(26)18(15(3)23-24)12-21-22-19(25)16-7-5-4-6-8-16/h4-12,23H,1-3H3,(H,22,25). The number of aromatic amines is 1. The zero-order valence-corrected chi connectivity index (χ0v) is 14.9. The maximum absolute atomic E-state index is 12.7. The van der Waals surface area contributed by atoms with Gasteiger partial charge in [-0.3, -0.25) is 14.7 Å². The fourth-order valence-corrected chi connectivity index (χ4v) is 2.57. The molecule has 6 nitrogen and oxygen atoms in total. The topological polar surface area (TPSA) is 79.2 Å². The van der Waals surface area contributed by atoms with E-state index in [2.05, 4.69) is 15.6 Å². The average Bonchev–Trinajstić information content (AvgIpc) is 2.93. The molecule has 0 bridgehead atoms. The maximum atomic E-state index is 12.7. The lowest BCUT2D eigenvalue weighted by Crippen LogP contribution is -2.20. The van der Waals surface area contributed by atoms with Crippen LogP contribution in [0.25, 0.3) is 5.69 Å². The predicted molar refractivity (Wildman–Crippen MR) is 102 cm³/mol. The van der Waals surface area contributed by atoms with Crippen molar-refractivity contribution in [2.24, 2.45) is 5.10 Å². The first kappa shape index (κ1) is 17.4. The molecule has 0 aliphatic rings. The van der Waals surface area contributed by atoms with Gasteiger partial charge in [0, 0.05) is 11.3 Å². The van der Waals surface area contributed by atoms with Crippen LogP contribution in [-0.2, 0) is 0 Å². The SMILES string of the molecule is Cc1ccc(-n2[nH]c(C)c(C=NNC(=O)c3ccccc3)c2=O)cc1C. The summed E-state index contributed by atoms with van der Waals surface area (Å²) in [7, 11) is 0. The molecule has 1 aromatic heterocycles. The first-order valence-electron chi connectivity index (χ1n) is 8.25. The third-order valence-corrected chi connectivity index (χ3v) is 4.26. The molecule has 0 aliphatic carbocycles. The molecule has 26 heavy (non-hydrogen) atoms. The van der Waals surface area contributed by atoms with Crippen molar-refractivity contribution in [2.45, 2.75) is 20.8 Å². The lowest BCUT2D eigenvalue weighted by atomic mass is 10.1. The van der Waals surface area contributed by atoms with Gasteiger partial charge in [0.25, 0.3) is 11.5 Å². The van der Waals surface area contributed by atoms with Gasteiger partial charge in [-0.1, -0.05) is 24.3 Å². The highest BCUT2D eigenvalue weighted by atomic mass is 16.2. The summed E-state index contributed by atoms with van der Waals surface area (Å²) in [6.45, 7) is 5.82. The van der Waals surface area contributed by atoms with Crippen LogP contribution in [0.3, 0.4) is 0 Å². The fraction of sp³-hybridized carbons (Fsp3) is 0.150. The van der Waals surface area contributed by atoms with Crippen LogP contribution in [0.5, 0.6) is 0 Å². The Labute approximate surface area is 151 Å². The molecule has 0 radical (unpaired) electrons. The van der Waals surface area contributed by atoms with Crippen LogP contribution in [0.2, 0.25) is 0 Å². The second-order valence-electron chi connectivity index (χ2n) is 6.12. The smallest absolute Gasteiger partial charge is 0.280 e. The molecule has 0 atom stereocenters. The number of aromatic nitrogens is 2. The molecule has 0 saturated carbocycles. The Hall–Kier alpha value is -3.41. The summed E-state index contributed by atoms with van der Waals surface area (Å²) < 4.78 is 1.47. The number of hydrogen-bond acceptors (Lipinski definition) is 3. The minimum atomic E-state index is -0.329. The summed E-state index contributed by atoms with van der Waals surface area (Å²) >= 11 is 0. The van der Waals surface area contributed by atoms with E-state index in [0.717, 1.165) is 16.8 Å². The van der Waals surface area contributed by atoms with E-state index in [1.54, 1.807) is 31.2 Å². The van der Waals surface area contributed by atoms with E-state index in [1.807, 2.05) is 38.1 Å². The molecule has 0 aliphatic heterocycles. The van der Waals surface area contributed by atoms with E-state index >= 15 is 0 Å². The van der Waals surface area contributed by atoms with Crippen LogP contribution in [0.4, 0.5) is 0 Å². The van der Waals surface area contributed by atoms with Crippen molar-refractivity contribution in [1.29, 1.82) is 0 Å². The van der Waals surface area contributed by atoms with Crippen molar-refractivity contribution >= 4 is 12.1 Å². The Kier molecular flexibility index (Phi) is 4.84. The summed E-state index contributed by atoms with van der Waals surface area (Å²) in [6, 6.07) is 14.6. The van der Waals surface area contributed by atoms with Crippen LogP contribution in [0, 0.1) is 20.8 Å². The van der Waals surface area contributed by atoms with Gasteiger partial charge in [0.2, 0.25) is 0 Å². The Morgan fingerprint density at radius 1 is 1.08 bits per heavy atom. The summed E-state index contributed by atoms with van der Waals surface area (Å²) in [5.74, 6) is -0.329. The third-order valence-electron chi connectivity index (χ3n) is 4.26. The zero-order valence-electron chi connectivity index (χ0n) is 14.9. The molecule has 2 N–H and O–H groups in total. The van der Waals surface area contributed by atoms with Gasteiger partial charge in [0.1, 0.15) is 0 Å². The lowest BCUT2D eigenvalue weighted by molar-refractivity contribution is 0.0955. The monoisotopic (exact) mass is 348 g/mol. The van der Waals surface area contributed by atoms with E-state index in [0.29, 0.717) is 16.8 Å². The lowest BCUT2D eigenvalue weighted by Gasteiger charge is -2.05. The zero-order chi connectivity index (χ0) is 18.7. The number of rotatable bonds is 4. The minimum absolute atomic E-state index is 0.219.